The summed E-state index contributed by atoms with van der Waals surface area (Å²) < 4.78 is 3.45. The van der Waals surface area contributed by atoms with Gasteiger partial charge in [-0.2, -0.15) is 5.10 Å². The highest BCUT2D eigenvalue weighted by Gasteiger charge is 2.36. The van der Waals surface area contributed by atoms with Crippen LogP contribution in [0.2, 0.25) is 5.02 Å². The first kappa shape index (κ1) is 42.1. The van der Waals surface area contributed by atoms with Gasteiger partial charge in [0.2, 0.25) is 11.8 Å². The fraction of sp³-hybridized carbons (Fsp3) is 0.370. The number of aromatic nitrogens is 6. The summed E-state index contributed by atoms with van der Waals surface area (Å²) >= 11 is 7.95. The van der Waals surface area contributed by atoms with Crippen LogP contribution in [0.1, 0.15) is 83.8 Å². The van der Waals surface area contributed by atoms with E-state index in [4.69, 9.17) is 16.6 Å². The highest BCUT2D eigenvalue weighted by Crippen LogP contribution is 2.41. The van der Waals surface area contributed by atoms with Crippen LogP contribution in [0.4, 0.5) is 5.69 Å². The number of halogens is 1. The SMILES string of the molecule is Cc1sc2c(c1C)C(c1ccc(Cl)cc1)=N[C@@H](CC(=O)N1CCN(C(=O)C3CCN(c4ccc(-n5c(-c6cc(C(C)C)c(O)cc6O)n[nH]c5=O)cc4)CC3)CC1)c1nnc(C)n1-2. The molecular weight excluding hydrogens is 840 g/mol. The van der Waals surface area contributed by atoms with E-state index in [0.29, 0.717) is 79.8 Å². The Morgan fingerprint density at radius 1 is 0.857 bits per heavy atom. The van der Waals surface area contributed by atoms with Gasteiger partial charge >= 0.3 is 5.69 Å². The fourth-order valence-corrected chi connectivity index (χ4v) is 10.4. The molecule has 63 heavy (non-hydrogen) atoms. The second-order valence-electron chi connectivity index (χ2n) is 16.9. The molecule has 0 bridgehead atoms. The molecule has 3 aliphatic rings. The lowest BCUT2D eigenvalue weighted by atomic mass is 9.94. The van der Waals surface area contributed by atoms with Crippen LogP contribution in [0.5, 0.6) is 11.5 Å². The van der Waals surface area contributed by atoms with Gasteiger partial charge in [0.1, 0.15) is 28.4 Å². The molecule has 2 saturated heterocycles. The lowest BCUT2D eigenvalue weighted by Gasteiger charge is -2.39. The van der Waals surface area contributed by atoms with E-state index in [2.05, 4.69) is 43.7 Å². The summed E-state index contributed by atoms with van der Waals surface area (Å²) in [4.78, 5) is 53.3. The Labute approximate surface area is 373 Å². The van der Waals surface area contributed by atoms with Crippen LogP contribution < -0.4 is 10.6 Å². The van der Waals surface area contributed by atoms with Gasteiger partial charge in [0.05, 0.1) is 23.4 Å². The number of carbonyl (C=O) groups is 2. The molecule has 1 atom stereocenters. The number of aromatic amines is 1. The van der Waals surface area contributed by atoms with E-state index in [1.54, 1.807) is 17.4 Å². The molecule has 2 fully saturated rings. The molecule has 326 valence electrons. The summed E-state index contributed by atoms with van der Waals surface area (Å²) in [5.41, 5.74) is 5.91. The number of hydrogen-bond acceptors (Lipinski definition) is 11. The van der Waals surface area contributed by atoms with Crippen LogP contribution in [0.15, 0.2) is 70.5 Å². The maximum Gasteiger partial charge on any atom is 0.348 e. The molecular formula is C46H49ClN10O5S. The number of aryl methyl sites for hydroxylation is 2. The van der Waals surface area contributed by atoms with Crippen molar-refractivity contribution in [2.24, 2.45) is 10.9 Å². The molecule has 0 radical (unpaired) electrons. The molecule has 17 heteroatoms. The van der Waals surface area contributed by atoms with E-state index >= 15 is 0 Å². The van der Waals surface area contributed by atoms with Crippen molar-refractivity contribution >= 4 is 46.2 Å². The summed E-state index contributed by atoms with van der Waals surface area (Å²) in [6.45, 7) is 13.2. The number of nitrogens with zero attached hydrogens (tertiary/aromatic N) is 9. The van der Waals surface area contributed by atoms with Gasteiger partial charge in [-0.1, -0.05) is 37.6 Å². The number of fused-ring (bicyclic) bond motifs is 3. The van der Waals surface area contributed by atoms with Crippen LogP contribution in [0.3, 0.4) is 0 Å². The van der Waals surface area contributed by atoms with Crippen molar-refractivity contribution in [1.82, 2.24) is 39.3 Å². The highest BCUT2D eigenvalue weighted by atomic mass is 35.5. The summed E-state index contributed by atoms with van der Waals surface area (Å²) in [6.07, 6.45) is 1.52. The van der Waals surface area contributed by atoms with E-state index in [1.165, 1.54) is 15.5 Å². The quantitative estimate of drug-likeness (QED) is 0.147. The van der Waals surface area contributed by atoms with E-state index in [0.717, 1.165) is 38.9 Å². The van der Waals surface area contributed by atoms with Gasteiger partial charge < -0.3 is 24.9 Å². The number of amides is 2. The van der Waals surface area contributed by atoms with Crippen LogP contribution in [-0.2, 0) is 9.59 Å². The number of phenols is 2. The zero-order chi connectivity index (χ0) is 44.3. The van der Waals surface area contributed by atoms with Crippen molar-refractivity contribution in [2.45, 2.75) is 65.8 Å². The number of aliphatic imine (C=N–C) groups is 1. The van der Waals surface area contributed by atoms with Gasteiger partial charge in [0.25, 0.3) is 0 Å². The first-order valence-electron chi connectivity index (χ1n) is 21.3. The van der Waals surface area contributed by atoms with Crippen molar-refractivity contribution in [3.8, 4) is 33.6 Å². The fourth-order valence-electron chi connectivity index (χ4n) is 9.01. The molecule has 6 heterocycles. The third-order valence-corrected chi connectivity index (χ3v) is 14.1. The number of piperazine rings is 1. The second kappa shape index (κ2) is 16.8. The maximum absolute atomic E-state index is 14.0. The largest absolute Gasteiger partial charge is 0.508 e. The molecule has 6 aromatic rings. The van der Waals surface area contributed by atoms with E-state index < -0.39 is 11.7 Å². The number of benzene rings is 3. The van der Waals surface area contributed by atoms with E-state index in [1.807, 2.05) is 79.1 Å². The molecule has 3 N–H and O–H groups in total. The number of thiophene rings is 1. The van der Waals surface area contributed by atoms with Crippen LogP contribution >= 0.6 is 22.9 Å². The van der Waals surface area contributed by atoms with Crippen LogP contribution in [0.25, 0.3) is 22.1 Å². The third kappa shape index (κ3) is 7.79. The average Bonchev–Trinajstić information content (AvgIpc) is 3.92. The van der Waals surface area contributed by atoms with Crippen LogP contribution in [-0.4, -0.2) is 106 Å². The average molecular weight is 889 g/mol. The number of H-pyrrole nitrogens is 1. The zero-order valence-electron chi connectivity index (χ0n) is 35.8. The van der Waals surface area contributed by atoms with Gasteiger partial charge in [-0.05, 0) is 93.1 Å². The molecule has 9 rings (SSSR count). The molecule has 0 aliphatic carbocycles. The predicted molar refractivity (Wildman–Crippen MR) is 243 cm³/mol. The zero-order valence-corrected chi connectivity index (χ0v) is 37.4. The summed E-state index contributed by atoms with van der Waals surface area (Å²) in [7, 11) is 0. The number of hydrogen-bond donors (Lipinski definition) is 3. The summed E-state index contributed by atoms with van der Waals surface area (Å²) in [6, 6.07) is 17.6. The summed E-state index contributed by atoms with van der Waals surface area (Å²) in [5, 5.41) is 38.4. The normalized spacial score (nSPS) is 16.8. The molecule has 3 aromatic heterocycles. The minimum absolute atomic E-state index is 0.0156. The van der Waals surface area contributed by atoms with Gasteiger partial charge in [0, 0.05) is 78.0 Å². The number of carbonyl (C=O) groups excluding carboxylic acids is 2. The number of rotatable bonds is 8. The highest BCUT2D eigenvalue weighted by molar-refractivity contribution is 7.15. The maximum atomic E-state index is 14.0. The standard InChI is InChI=1S/C46H49ClN10O5S/c1-25(2)34-22-35(38(59)24-37(34)58)42-50-52-46(62)57(42)33-12-10-32(11-13-33)53-16-14-30(15-17-53)44(61)55-20-18-54(19-21-55)39(60)23-36-43-51-49-28(5)56(43)45-40(26(3)27(4)63-45)41(48-36)29-6-8-31(47)9-7-29/h6-13,22,24-25,30,36,58-59H,14-21,23H2,1-5H3,(H,52,62)/t36-/m0/s1. The molecule has 0 unspecified atom stereocenters. The minimum Gasteiger partial charge on any atom is -0.508 e. The van der Waals surface area contributed by atoms with Gasteiger partial charge in [-0.15, -0.1) is 21.5 Å². The van der Waals surface area contributed by atoms with Crippen molar-refractivity contribution in [2.75, 3.05) is 44.2 Å². The number of aromatic hydroxyl groups is 2. The number of nitrogens with one attached hydrogen (secondary N) is 1. The van der Waals surface area contributed by atoms with Crippen molar-refractivity contribution in [1.29, 1.82) is 0 Å². The Bertz CT molecular complexity index is 2810. The van der Waals surface area contributed by atoms with Crippen molar-refractivity contribution in [3.05, 3.63) is 115 Å². The Morgan fingerprint density at radius 2 is 1.52 bits per heavy atom. The summed E-state index contributed by atoms with van der Waals surface area (Å²) in [5.74, 6) is 1.36. The number of piperidine rings is 1. The smallest absolute Gasteiger partial charge is 0.348 e. The minimum atomic E-state index is -0.561. The lowest BCUT2D eigenvalue weighted by Crippen LogP contribution is -2.53. The van der Waals surface area contributed by atoms with Gasteiger partial charge in [0.15, 0.2) is 11.6 Å². The monoisotopic (exact) mass is 888 g/mol. The van der Waals surface area contributed by atoms with Gasteiger partial charge in [-0.25, -0.2) is 14.5 Å². The first-order valence-corrected chi connectivity index (χ1v) is 22.5. The number of phenolic OH excluding ortho intramolecular Hbond substituents is 2. The molecule has 3 aromatic carbocycles. The Hall–Kier alpha value is -6.26. The van der Waals surface area contributed by atoms with Crippen molar-refractivity contribution in [3.63, 3.8) is 0 Å². The molecule has 0 saturated carbocycles. The molecule has 2 amide bonds. The van der Waals surface area contributed by atoms with Gasteiger partial charge in [-0.3, -0.25) is 19.1 Å². The molecule has 3 aliphatic heterocycles. The van der Waals surface area contributed by atoms with Crippen LogP contribution in [0, 0.1) is 26.7 Å². The van der Waals surface area contributed by atoms with E-state index in [9.17, 15) is 24.6 Å². The molecule has 15 nitrogen and oxygen atoms in total. The Morgan fingerprint density at radius 3 is 2.21 bits per heavy atom. The number of anilines is 1. The second-order valence-corrected chi connectivity index (χ2v) is 18.5. The van der Waals surface area contributed by atoms with Crippen molar-refractivity contribution < 1.29 is 19.8 Å². The molecule has 0 spiro atoms. The first-order chi connectivity index (χ1) is 30.3. The van der Waals surface area contributed by atoms with E-state index in [-0.39, 0.29) is 47.4 Å². The Balaban J connectivity index is 0.828. The Kier molecular flexibility index (Phi) is 11.2. The predicted octanol–water partition coefficient (Wildman–Crippen LogP) is 6.85. The topological polar surface area (TPSA) is 178 Å². The third-order valence-electron chi connectivity index (χ3n) is 12.7. The lowest BCUT2D eigenvalue weighted by molar-refractivity contribution is -0.142.